The van der Waals surface area contributed by atoms with E-state index in [2.05, 4.69) is 13.5 Å². The number of fused-ring (bicyclic) bond motifs is 3. The number of rotatable bonds is 13. The second kappa shape index (κ2) is 18.2. The normalized spacial score (nSPS) is 45.5. The SMILES string of the molecule is C=C1CC2CCC3[C@](C)(C(=O)OC4OC(CO)C(O)C(O)C4OC4OC(CO)C(O)C(O)C4O)CCC[C@@]3(C)[C@@H]2CCC1OC(OC(CO)C(C)O)C(O)O. The van der Waals surface area contributed by atoms with Crippen LogP contribution in [0.2, 0.25) is 0 Å². The second-order valence-corrected chi connectivity index (χ2v) is 16.6. The van der Waals surface area contributed by atoms with Gasteiger partial charge in [0.15, 0.2) is 12.4 Å². The first kappa shape index (κ1) is 44.7. The van der Waals surface area contributed by atoms with Gasteiger partial charge in [0.2, 0.25) is 18.9 Å². The summed E-state index contributed by atoms with van der Waals surface area (Å²) in [5, 5.41) is 112. The lowest BCUT2D eigenvalue weighted by molar-refractivity contribution is -0.363. The van der Waals surface area contributed by atoms with Crippen molar-refractivity contribution in [2.24, 2.45) is 28.6 Å². The van der Waals surface area contributed by atoms with E-state index in [4.69, 9.17) is 28.4 Å². The van der Waals surface area contributed by atoms with Crippen molar-refractivity contribution >= 4 is 5.97 Å². The van der Waals surface area contributed by atoms with Gasteiger partial charge in [0, 0.05) is 0 Å². The highest BCUT2D eigenvalue weighted by Crippen LogP contribution is 2.64. The van der Waals surface area contributed by atoms with E-state index in [0.717, 1.165) is 18.4 Å². The molecule has 3 aliphatic carbocycles. The van der Waals surface area contributed by atoms with Gasteiger partial charge in [-0.15, -0.1) is 0 Å². The lowest BCUT2D eigenvalue weighted by Crippen LogP contribution is -2.65. The molecule has 2 aliphatic heterocycles. The van der Waals surface area contributed by atoms with Gasteiger partial charge in [0.1, 0.15) is 48.8 Å². The van der Waals surface area contributed by atoms with Crippen molar-refractivity contribution in [3.8, 4) is 0 Å². The van der Waals surface area contributed by atoms with Crippen molar-refractivity contribution in [2.45, 2.75) is 164 Å². The zero-order valence-electron chi connectivity index (χ0n) is 31.7. The standard InChI is InChI=1S/C37H62O18/c1-16-12-18-6-9-24-36(3,19(18)7-8-20(16)50-34(31(47)48)51-21(13-38)17(2)41)10-5-11-37(24,4)35(49)55-33-30(28(45)26(43)23(15-40)53-33)54-32-29(46)27(44)25(42)22(14-39)52-32/h17-34,38-48H,1,5-15H2,2-4H3/t17?,18?,19-,20?,21?,22?,23?,24?,25?,26?,27?,28?,29?,30?,32?,33?,34?,36+,37-/m1/s1. The summed E-state index contributed by atoms with van der Waals surface area (Å²) in [7, 11) is 0. The van der Waals surface area contributed by atoms with Crippen LogP contribution in [-0.2, 0) is 33.2 Å². The smallest absolute Gasteiger partial charge is 0.314 e. The molecule has 0 bridgehead atoms. The van der Waals surface area contributed by atoms with E-state index in [-0.39, 0.29) is 23.2 Å². The van der Waals surface area contributed by atoms with Crippen LogP contribution in [0.5, 0.6) is 0 Å². The summed E-state index contributed by atoms with van der Waals surface area (Å²) in [6.45, 7) is 7.62. The van der Waals surface area contributed by atoms with Gasteiger partial charge in [0.05, 0.1) is 37.4 Å². The predicted molar refractivity (Wildman–Crippen MR) is 186 cm³/mol. The van der Waals surface area contributed by atoms with Gasteiger partial charge in [0.25, 0.3) is 0 Å². The van der Waals surface area contributed by atoms with Crippen LogP contribution in [-0.4, -0.2) is 174 Å². The van der Waals surface area contributed by atoms with Crippen LogP contribution < -0.4 is 0 Å². The fourth-order valence-electron chi connectivity index (χ4n) is 10.0. The Morgan fingerprint density at radius 2 is 1.49 bits per heavy atom. The minimum atomic E-state index is -2.05. The molecule has 2 saturated heterocycles. The molecule has 19 atom stereocenters. The highest BCUT2D eigenvalue weighted by atomic mass is 16.8. The maximum absolute atomic E-state index is 14.5. The van der Waals surface area contributed by atoms with Crippen molar-refractivity contribution in [3.05, 3.63) is 12.2 Å². The minimum absolute atomic E-state index is 0.106. The number of carbonyl (C=O) groups excluding carboxylic acids is 1. The monoisotopic (exact) mass is 794 g/mol. The Balaban J connectivity index is 1.33. The molecule has 5 fully saturated rings. The van der Waals surface area contributed by atoms with Gasteiger partial charge in [-0.2, -0.15) is 0 Å². The van der Waals surface area contributed by atoms with Crippen LogP contribution in [0.15, 0.2) is 12.2 Å². The van der Waals surface area contributed by atoms with Gasteiger partial charge >= 0.3 is 5.97 Å². The number of hydrogen-bond acceptors (Lipinski definition) is 18. The lowest BCUT2D eigenvalue weighted by atomic mass is 9.45. The summed E-state index contributed by atoms with van der Waals surface area (Å²) in [5.74, 6) is -0.560. The molecule has 318 valence electrons. The molecular weight excluding hydrogens is 732 g/mol. The number of esters is 1. The van der Waals surface area contributed by atoms with Crippen LogP contribution in [0.4, 0.5) is 0 Å². The number of aliphatic hydroxyl groups excluding tert-OH is 10. The highest BCUT2D eigenvalue weighted by Gasteiger charge is 2.61. The third-order valence-electron chi connectivity index (χ3n) is 13.2. The van der Waals surface area contributed by atoms with Crippen LogP contribution in [0.1, 0.15) is 72.1 Å². The highest BCUT2D eigenvalue weighted by molar-refractivity contribution is 5.77. The molecule has 11 N–H and O–H groups in total. The fourth-order valence-corrected chi connectivity index (χ4v) is 10.0. The van der Waals surface area contributed by atoms with Crippen molar-refractivity contribution in [1.29, 1.82) is 0 Å². The van der Waals surface area contributed by atoms with E-state index in [1.165, 1.54) is 6.92 Å². The van der Waals surface area contributed by atoms with Crippen molar-refractivity contribution in [1.82, 2.24) is 0 Å². The quantitative estimate of drug-likeness (QED) is 0.0522. The minimum Gasteiger partial charge on any atom is -0.432 e. The van der Waals surface area contributed by atoms with E-state index in [1.807, 2.05) is 6.92 Å². The summed E-state index contributed by atoms with van der Waals surface area (Å²) < 4.78 is 34.5. The van der Waals surface area contributed by atoms with Crippen LogP contribution >= 0.6 is 0 Å². The average molecular weight is 795 g/mol. The molecule has 0 aromatic carbocycles. The first-order chi connectivity index (χ1) is 25.9. The molecule has 18 nitrogen and oxygen atoms in total. The summed E-state index contributed by atoms with van der Waals surface area (Å²) >= 11 is 0. The van der Waals surface area contributed by atoms with E-state index in [9.17, 15) is 61.0 Å². The topological polar surface area (TPSA) is 295 Å². The number of ether oxygens (including phenoxy) is 6. The second-order valence-electron chi connectivity index (χ2n) is 16.6. The molecule has 0 amide bonds. The molecule has 0 aromatic heterocycles. The molecule has 0 aromatic rings. The molecule has 2 heterocycles. The van der Waals surface area contributed by atoms with Crippen molar-refractivity contribution < 1.29 is 89.4 Å². The van der Waals surface area contributed by atoms with Gasteiger partial charge < -0.3 is 84.6 Å². The van der Waals surface area contributed by atoms with E-state index >= 15 is 0 Å². The molecular formula is C37H62O18. The predicted octanol–water partition coefficient (Wildman–Crippen LogP) is -2.49. The molecule has 5 aliphatic rings. The third kappa shape index (κ3) is 8.95. The molecule has 0 radical (unpaired) electrons. The zero-order valence-corrected chi connectivity index (χ0v) is 31.7. The Labute approximate surface area is 320 Å². The largest absolute Gasteiger partial charge is 0.432 e. The molecule has 0 spiro atoms. The summed E-state index contributed by atoms with van der Waals surface area (Å²) in [5.41, 5.74) is -0.684. The lowest BCUT2D eigenvalue weighted by Gasteiger charge is -2.59. The van der Waals surface area contributed by atoms with Gasteiger partial charge in [-0.1, -0.05) is 19.9 Å². The van der Waals surface area contributed by atoms with E-state index in [0.29, 0.717) is 38.5 Å². The number of carbonyl (C=O) groups is 1. The Hall–Kier alpha value is -1.43. The molecule has 5 rings (SSSR count). The molecule has 16 unspecified atom stereocenters. The van der Waals surface area contributed by atoms with Crippen molar-refractivity contribution in [3.63, 3.8) is 0 Å². The van der Waals surface area contributed by atoms with Crippen LogP contribution in [0.25, 0.3) is 0 Å². The van der Waals surface area contributed by atoms with Crippen molar-refractivity contribution in [2.75, 3.05) is 19.8 Å². The fraction of sp³-hybridized carbons (Fsp3) is 0.919. The Kier molecular flexibility index (Phi) is 14.8. The summed E-state index contributed by atoms with van der Waals surface area (Å²) in [6, 6.07) is 0. The number of aliphatic hydroxyl groups is 11. The van der Waals surface area contributed by atoms with Crippen LogP contribution in [0.3, 0.4) is 0 Å². The molecule has 3 saturated carbocycles. The Bertz CT molecular complexity index is 1280. The molecule has 18 heteroatoms. The first-order valence-electron chi connectivity index (χ1n) is 19.3. The van der Waals surface area contributed by atoms with Gasteiger partial charge in [-0.3, -0.25) is 4.79 Å². The van der Waals surface area contributed by atoms with Gasteiger partial charge in [-0.05, 0) is 87.5 Å². The first-order valence-corrected chi connectivity index (χ1v) is 19.3. The van der Waals surface area contributed by atoms with Gasteiger partial charge in [-0.25, -0.2) is 0 Å². The summed E-state index contributed by atoms with van der Waals surface area (Å²) in [4.78, 5) is 14.5. The third-order valence-corrected chi connectivity index (χ3v) is 13.2. The van der Waals surface area contributed by atoms with E-state index in [1.54, 1.807) is 0 Å². The molecule has 55 heavy (non-hydrogen) atoms. The number of hydrogen-bond donors (Lipinski definition) is 11. The zero-order chi connectivity index (χ0) is 40.6. The maximum atomic E-state index is 14.5. The summed E-state index contributed by atoms with van der Waals surface area (Å²) in [6.07, 6.45) is -18.2. The Morgan fingerprint density at radius 1 is 0.855 bits per heavy atom. The van der Waals surface area contributed by atoms with E-state index < -0.39 is 124 Å². The van der Waals surface area contributed by atoms with Crippen LogP contribution in [0, 0.1) is 28.6 Å². The maximum Gasteiger partial charge on any atom is 0.314 e. The average Bonchev–Trinajstić information content (AvgIpc) is 3.30. The Morgan fingerprint density at radius 3 is 2.09 bits per heavy atom.